The Bertz CT molecular complexity index is 1430. The van der Waals surface area contributed by atoms with Crippen LogP contribution < -0.4 is 20.5 Å². The molecule has 0 unspecified atom stereocenters. The standard InChI is InChI=1S/C15H13F2NO2.C8H7ClO2.C7H7F2N/c1-20-14-5-3-2-4-13(14)15(19)18-9-10-6-11(16)8-12(17)7-10;1-11-7-5-3-2-4-6(7)8(9)10;8-6-1-5(4-10)2-7(9)3-6/h2-8H,9H2,1H3,(H,18,19);2-5H,1H3;1-3H,4,10H2. The molecule has 4 rings (SSSR count). The molecular weight excluding hydrogens is 564 g/mol. The van der Waals surface area contributed by atoms with E-state index in [1.54, 1.807) is 48.5 Å². The summed E-state index contributed by atoms with van der Waals surface area (Å²) in [4.78, 5) is 22.7. The van der Waals surface area contributed by atoms with Gasteiger partial charge in [-0.2, -0.15) is 0 Å². The van der Waals surface area contributed by atoms with Crippen molar-refractivity contribution in [2.45, 2.75) is 13.1 Å². The predicted octanol–water partition coefficient (Wildman–Crippen LogP) is 6.40. The van der Waals surface area contributed by atoms with Crippen LogP contribution in [0.4, 0.5) is 17.6 Å². The fraction of sp³-hybridized carbons (Fsp3) is 0.133. The van der Waals surface area contributed by atoms with Gasteiger partial charge in [-0.05, 0) is 71.3 Å². The molecule has 3 N–H and O–H groups in total. The second-order valence-corrected chi connectivity index (χ2v) is 8.46. The molecule has 0 heterocycles. The number of benzene rings is 4. The van der Waals surface area contributed by atoms with Crippen LogP contribution in [0, 0.1) is 23.3 Å². The molecule has 0 aliphatic rings. The van der Waals surface area contributed by atoms with Gasteiger partial charge in [-0.1, -0.05) is 24.3 Å². The van der Waals surface area contributed by atoms with Crippen LogP contribution in [0.25, 0.3) is 0 Å². The van der Waals surface area contributed by atoms with E-state index in [-0.39, 0.29) is 19.0 Å². The van der Waals surface area contributed by atoms with E-state index < -0.39 is 28.5 Å². The summed E-state index contributed by atoms with van der Waals surface area (Å²) in [6.07, 6.45) is 0. The van der Waals surface area contributed by atoms with Crippen molar-refractivity contribution in [3.8, 4) is 11.5 Å². The number of nitrogens with one attached hydrogen (secondary N) is 1. The van der Waals surface area contributed by atoms with Gasteiger partial charge in [0.2, 0.25) is 0 Å². The molecule has 4 aromatic carbocycles. The van der Waals surface area contributed by atoms with Crippen LogP contribution in [0.2, 0.25) is 0 Å². The number of amides is 1. The van der Waals surface area contributed by atoms with Gasteiger partial charge in [-0.3, -0.25) is 9.59 Å². The van der Waals surface area contributed by atoms with Crippen LogP contribution in [-0.2, 0) is 13.1 Å². The maximum Gasteiger partial charge on any atom is 0.256 e. The van der Waals surface area contributed by atoms with Crippen LogP contribution >= 0.6 is 11.6 Å². The summed E-state index contributed by atoms with van der Waals surface area (Å²) in [5, 5.41) is 2.09. The first-order chi connectivity index (χ1) is 19.6. The lowest BCUT2D eigenvalue weighted by atomic mass is 10.1. The van der Waals surface area contributed by atoms with E-state index >= 15 is 0 Å². The molecule has 216 valence electrons. The number of halogens is 5. The third kappa shape index (κ3) is 10.9. The summed E-state index contributed by atoms with van der Waals surface area (Å²) in [7, 11) is 2.97. The molecule has 0 saturated carbocycles. The average Bonchev–Trinajstić information content (AvgIpc) is 2.95. The zero-order chi connectivity index (χ0) is 30.4. The Morgan fingerprint density at radius 1 is 0.707 bits per heavy atom. The number of carbonyl (C=O) groups excluding carboxylic acids is 2. The van der Waals surface area contributed by atoms with Gasteiger partial charge in [0.25, 0.3) is 11.1 Å². The first kappa shape index (κ1) is 32.8. The molecule has 41 heavy (non-hydrogen) atoms. The predicted molar refractivity (Wildman–Crippen MR) is 148 cm³/mol. The van der Waals surface area contributed by atoms with Crippen molar-refractivity contribution in [2.24, 2.45) is 5.73 Å². The zero-order valence-corrected chi connectivity index (χ0v) is 22.9. The Kier molecular flexibility index (Phi) is 13.3. The number of ether oxygens (including phenoxy) is 2. The minimum Gasteiger partial charge on any atom is -0.496 e. The van der Waals surface area contributed by atoms with Crippen molar-refractivity contribution in [3.05, 3.63) is 130 Å². The Balaban J connectivity index is 0.000000236. The summed E-state index contributed by atoms with van der Waals surface area (Å²) >= 11 is 5.27. The van der Waals surface area contributed by atoms with Gasteiger partial charge in [-0.25, -0.2) is 17.6 Å². The van der Waals surface area contributed by atoms with Gasteiger partial charge in [0, 0.05) is 25.2 Å². The normalized spacial score (nSPS) is 9.85. The smallest absolute Gasteiger partial charge is 0.256 e. The lowest BCUT2D eigenvalue weighted by molar-refractivity contribution is 0.0947. The molecule has 4 aromatic rings. The van der Waals surface area contributed by atoms with E-state index in [9.17, 15) is 27.2 Å². The van der Waals surface area contributed by atoms with Crippen LogP contribution in [-0.4, -0.2) is 25.4 Å². The van der Waals surface area contributed by atoms with Gasteiger partial charge in [0.05, 0.1) is 25.3 Å². The highest BCUT2D eigenvalue weighted by Gasteiger charge is 2.11. The highest BCUT2D eigenvalue weighted by Crippen LogP contribution is 2.19. The van der Waals surface area contributed by atoms with Crippen LogP contribution in [0.5, 0.6) is 11.5 Å². The van der Waals surface area contributed by atoms with Gasteiger partial charge >= 0.3 is 0 Å². The molecule has 6 nitrogen and oxygen atoms in total. The summed E-state index contributed by atoms with van der Waals surface area (Å²) in [5.41, 5.74) is 6.74. The van der Waals surface area contributed by atoms with Crippen LogP contribution in [0.15, 0.2) is 84.9 Å². The molecule has 0 bridgehead atoms. The molecule has 0 spiro atoms. The Labute approximate surface area is 239 Å². The molecule has 0 aromatic heterocycles. The molecule has 0 radical (unpaired) electrons. The molecular formula is C30H27ClF4N2O4. The van der Waals surface area contributed by atoms with Crippen molar-refractivity contribution in [2.75, 3.05) is 14.2 Å². The summed E-state index contributed by atoms with van der Waals surface area (Å²) in [6.45, 7) is 0.195. The molecule has 1 amide bonds. The van der Waals surface area contributed by atoms with Crippen molar-refractivity contribution >= 4 is 22.8 Å². The fourth-order valence-corrected chi connectivity index (χ4v) is 3.51. The summed E-state index contributed by atoms with van der Waals surface area (Å²) in [5.74, 6) is -1.94. The third-order valence-corrected chi connectivity index (χ3v) is 5.41. The second-order valence-electron chi connectivity index (χ2n) is 8.12. The van der Waals surface area contributed by atoms with E-state index in [2.05, 4.69) is 5.32 Å². The Morgan fingerprint density at radius 2 is 1.12 bits per heavy atom. The van der Waals surface area contributed by atoms with Gasteiger partial charge in [0.1, 0.15) is 34.8 Å². The van der Waals surface area contributed by atoms with Gasteiger partial charge < -0.3 is 20.5 Å². The largest absolute Gasteiger partial charge is 0.496 e. The number of nitrogens with two attached hydrogens (primary N) is 1. The van der Waals surface area contributed by atoms with E-state index in [0.717, 1.165) is 12.1 Å². The Morgan fingerprint density at radius 3 is 1.54 bits per heavy atom. The SMILES string of the molecule is COc1ccccc1C(=O)Cl.COc1ccccc1C(=O)NCc1cc(F)cc(F)c1.NCc1cc(F)cc(F)c1. The minimum absolute atomic E-state index is 0.0333. The third-order valence-electron chi connectivity index (χ3n) is 5.20. The zero-order valence-electron chi connectivity index (χ0n) is 22.1. The molecule has 0 saturated heterocycles. The van der Waals surface area contributed by atoms with Crippen molar-refractivity contribution < 1.29 is 36.6 Å². The van der Waals surface area contributed by atoms with Crippen molar-refractivity contribution in [1.29, 1.82) is 0 Å². The number of hydrogen-bond acceptors (Lipinski definition) is 5. The van der Waals surface area contributed by atoms with E-state index in [4.69, 9.17) is 26.8 Å². The average molecular weight is 591 g/mol. The summed E-state index contributed by atoms with van der Waals surface area (Å²) in [6, 6.07) is 19.9. The highest BCUT2D eigenvalue weighted by molar-refractivity contribution is 6.68. The monoisotopic (exact) mass is 590 g/mol. The van der Waals surface area contributed by atoms with E-state index in [1.807, 2.05) is 0 Å². The van der Waals surface area contributed by atoms with Crippen molar-refractivity contribution in [1.82, 2.24) is 5.32 Å². The molecule has 11 heteroatoms. The maximum atomic E-state index is 13.0. The number of methoxy groups -OCH3 is 2. The number of rotatable bonds is 7. The van der Waals surface area contributed by atoms with Crippen LogP contribution in [0.3, 0.4) is 0 Å². The first-order valence-corrected chi connectivity index (χ1v) is 12.3. The minimum atomic E-state index is -0.674. The van der Waals surface area contributed by atoms with Gasteiger partial charge in [0.15, 0.2) is 0 Å². The first-order valence-electron chi connectivity index (χ1n) is 11.9. The highest BCUT2D eigenvalue weighted by atomic mass is 35.5. The van der Waals surface area contributed by atoms with E-state index in [1.165, 1.54) is 38.5 Å². The molecule has 0 aliphatic heterocycles. The number of hydrogen-bond donors (Lipinski definition) is 2. The summed E-state index contributed by atoms with van der Waals surface area (Å²) < 4.78 is 60.7. The van der Waals surface area contributed by atoms with Gasteiger partial charge in [-0.15, -0.1) is 0 Å². The topological polar surface area (TPSA) is 90.6 Å². The fourth-order valence-electron chi connectivity index (χ4n) is 3.36. The molecule has 0 fully saturated rings. The van der Waals surface area contributed by atoms with Crippen LogP contribution in [0.1, 0.15) is 31.8 Å². The quantitative estimate of drug-likeness (QED) is 0.192. The Hall–Kier alpha value is -4.41. The molecule has 0 atom stereocenters. The second kappa shape index (κ2) is 16.6. The van der Waals surface area contributed by atoms with E-state index in [0.29, 0.717) is 33.8 Å². The molecule has 0 aliphatic carbocycles. The number of para-hydroxylation sites is 2. The lowest BCUT2D eigenvalue weighted by Crippen LogP contribution is -2.23. The lowest BCUT2D eigenvalue weighted by Gasteiger charge is -2.09. The maximum absolute atomic E-state index is 13.0. The number of carbonyl (C=O) groups is 2. The van der Waals surface area contributed by atoms with Crippen molar-refractivity contribution in [3.63, 3.8) is 0 Å².